The summed E-state index contributed by atoms with van der Waals surface area (Å²) in [5.41, 5.74) is 2.40. The molecule has 0 N–H and O–H groups in total. The van der Waals surface area contributed by atoms with Crippen LogP contribution >= 0.6 is 12.2 Å². The summed E-state index contributed by atoms with van der Waals surface area (Å²) in [5, 5.41) is 0. The molecule has 17 heavy (non-hydrogen) atoms. The Labute approximate surface area is 109 Å². The van der Waals surface area contributed by atoms with E-state index in [1.807, 2.05) is 0 Å². The van der Waals surface area contributed by atoms with E-state index in [9.17, 15) is 0 Å². The van der Waals surface area contributed by atoms with E-state index in [-0.39, 0.29) is 12.2 Å². The first kappa shape index (κ1) is 12.5. The third-order valence-corrected chi connectivity index (χ3v) is 3.50. The predicted octanol–water partition coefficient (Wildman–Crippen LogP) is 2.78. The molecule has 0 bridgehead atoms. The van der Waals surface area contributed by atoms with Crippen LogP contribution in [0.15, 0.2) is 24.3 Å². The molecule has 1 aromatic carbocycles. The minimum atomic E-state index is 0.252. The Morgan fingerprint density at radius 2 is 1.71 bits per heavy atom. The fourth-order valence-electron chi connectivity index (χ4n) is 2.22. The second-order valence-electron chi connectivity index (χ2n) is 4.83. The highest BCUT2D eigenvalue weighted by atomic mass is 32.1. The molecule has 3 heteroatoms. The zero-order valence-electron chi connectivity index (χ0n) is 10.6. The lowest BCUT2D eigenvalue weighted by Crippen LogP contribution is -2.47. The number of morpholine rings is 1. The summed E-state index contributed by atoms with van der Waals surface area (Å²) in [4.78, 5) is 3.19. The van der Waals surface area contributed by atoms with Crippen LogP contribution in [0, 0.1) is 6.92 Å². The summed E-state index contributed by atoms with van der Waals surface area (Å²) in [7, 11) is 0. The Kier molecular flexibility index (Phi) is 3.79. The monoisotopic (exact) mass is 249 g/mol. The van der Waals surface area contributed by atoms with Crippen molar-refractivity contribution in [1.29, 1.82) is 0 Å². The standard InChI is InChI=1S/C14H19NOS/c1-10-4-6-13(7-5-10)14(17)15-8-11(2)16-12(3)9-15/h4-7,11-12H,8-9H2,1-3H3/t11-,12-/m0/s1. The average molecular weight is 249 g/mol. The summed E-state index contributed by atoms with van der Waals surface area (Å²) in [6, 6.07) is 8.41. The number of thiocarbonyl (C=S) groups is 1. The predicted molar refractivity (Wildman–Crippen MR) is 74.5 cm³/mol. The van der Waals surface area contributed by atoms with Gasteiger partial charge in [0, 0.05) is 18.7 Å². The molecule has 1 aliphatic heterocycles. The number of nitrogens with zero attached hydrogens (tertiary/aromatic N) is 1. The van der Waals surface area contributed by atoms with Crippen LogP contribution < -0.4 is 0 Å². The third kappa shape index (κ3) is 3.05. The highest BCUT2D eigenvalue weighted by molar-refractivity contribution is 7.80. The molecule has 92 valence electrons. The fourth-order valence-corrected chi connectivity index (χ4v) is 2.51. The lowest BCUT2D eigenvalue weighted by molar-refractivity contribution is -0.0472. The second-order valence-corrected chi connectivity index (χ2v) is 5.22. The summed E-state index contributed by atoms with van der Waals surface area (Å²) < 4.78 is 5.72. The van der Waals surface area contributed by atoms with Crippen molar-refractivity contribution < 1.29 is 4.74 Å². The van der Waals surface area contributed by atoms with Gasteiger partial charge in [0.15, 0.2) is 0 Å². The molecule has 0 aliphatic carbocycles. The molecule has 2 nitrogen and oxygen atoms in total. The van der Waals surface area contributed by atoms with Gasteiger partial charge in [-0.2, -0.15) is 0 Å². The normalized spacial score (nSPS) is 24.8. The maximum atomic E-state index is 5.72. The van der Waals surface area contributed by atoms with Gasteiger partial charge in [0.2, 0.25) is 0 Å². The molecule has 1 aliphatic rings. The van der Waals surface area contributed by atoms with Gasteiger partial charge in [-0.05, 0) is 20.8 Å². The van der Waals surface area contributed by atoms with Crippen molar-refractivity contribution >= 4 is 17.2 Å². The van der Waals surface area contributed by atoms with Crippen molar-refractivity contribution in [3.8, 4) is 0 Å². The molecule has 1 saturated heterocycles. The molecule has 1 heterocycles. The van der Waals surface area contributed by atoms with Gasteiger partial charge in [0.1, 0.15) is 4.99 Å². The van der Waals surface area contributed by atoms with E-state index in [0.717, 1.165) is 23.6 Å². The Hall–Kier alpha value is -0.930. The molecule has 2 atom stereocenters. The number of ether oxygens (including phenoxy) is 1. The Balaban J connectivity index is 2.11. The summed E-state index contributed by atoms with van der Waals surface area (Å²) in [5.74, 6) is 0. The van der Waals surface area contributed by atoms with E-state index in [1.165, 1.54) is 5.56 Å². The zero-order chi connectivity index (χ0) is 12.4. The van der Waals surface area contributed by atoms with E-state index in [0.29, 0.717) is 0 Å². The number of hydrogen-bond donors (Lipinski definition) is 0. The number of rotatable bonds is 1. The van der Waals surface area contributed by atoms with Crippen LogP contribution in [0.25, 0.3) is 0 Å². The zero-order valence-corrected chi connectivity index (χ0v) is 11.5. The van der Waals surface area contributed by atoms with Crippen LogP contribution in [-0.2, 0) is 4.74 Å². The van der Waals surface area contributed by atoms with Crippen molar-refractivity contribution in [3.05, 3.63) is 35.4 Å². The molecule has 0 spiro atoms. The molecule has 1 fully saturated rings. The van der Waals surface area contributed by atoms with Crippen LogP contribution in [-0.4, -0.2) is 35.2 Å². The van der Waals surface area contributed by atoms with E-state index >= 15 is 0 Å². The van der Waals surface area contributed by atoms with Crippen molar-refractivity contribution in [3.63, 3.8) is 0 Å². The number of hydrogen-bond acceptors (Lipinski definition) is 2. The highest BCUT2D eigenvalue weighted by Gasteiger charge is 2.24. The molecule has 0 amide bonds. The number of benzene rings is 1. The smallest absolute Gasteiger partial charge is 0.109 e. The van der Waals surface area contributed by atoms with E-state index in [4.69, 9.17) is 17.0 Å². The van der Waals surface area contributed by atoms with Crippen LogP contribution in [0.2, 0.25) is 0 Å². The van der Waals surface area contributed by atoms with Crippen LogP contribution in [0.3, 0.4) is 0 Å². The van der Waals surface area contributed by atoms with Crippen LogP contribution in [0.4, 0.5) is 0 Å². The maximum Gasteiger partial charge on any atom is 0.109 e. The fraction of sp³-hybridized carbons (Fsp3) is 0.500. The minimum absolute atomic E-state index is 0.252. The molecular formula is C14H19NOS. The molecule has 0 unspecified atom stereocenters. The van der Waals surface area contributed by atoms with Crippen LogP contribution in [0.1, 0.15) is 25.0 Å². The first-order chi connectivity index (χ1) is 8.06. The first-order valence-corrected chi connectivity index (χ1v) is 6.48. The molecule has 0 saturated carbocycles. The lowest BCUT2D eigenvalue weighted by Gasteiger charge is -2.37. The van der Waals surface area contributed by atoms with Gasteiger partial charge >= 0.3 is 0 Å². The highest BCUT2D eigenvalue weighted by Crippen LogP contribution is 2.15. The van der Waals surface area contributed by atoms with Gasteiger partial charge in [0.05, 0.1) is 12.2 Å². The van der Waals surface area contributed by atoms with E-state index < -0.39 is 0 Å². The van der Waals surface area contributed by atoms with Crippen LogP contribution in [0.5, 0.6) is 0 Å². The van der Waals surface area contributed by atoms with Gasteiger partial charge in [-0.25, -0.2) is 0 Å². The minimum Gasteiger partial charge on any atom is -0.372 e. The van der Waals surface area contributed by atoms with E-state index in [2.05, 4.69) is 49.9 Å². The molecule has 0 aromatic heterocycles. The topological polar surface area (TPSA) is 12.5 Å². The quantitative estimate of drug-likeness (QED) is 0.710. The Morgan fingerprint density at radius 1 is 1.18 bits per heavy atom. The SMILES string of the molecule is Cc1ccc(C(=S)N2C[C@H](C)O[C@@H](C)C2)cc1. The van der Waals surface area contributed by atoms with E-state index in [1.54, 1.807) is 0 Å². The summed E-state index contributed by atoms with van der Waals surface area (Å²) >= 11 is 5.56. The summed E-state index contributed by atoms with van der Waals surface area (Å²) in [6.07, 6.45) is 0.504. The molecule has 2 rings (SSSR count). The lowest BCUT2D eigenvalue weighted by atomic mass is 10.1. The summed E-state index contributed by atoms with van der Waals surface area (Å²) in [6.45, 7) is 8.06. The van der Waals surface area contributed by atoms with Crippen molar-refractivity contribution in [2.75, 3.05) is 13.1 Å². The van der Waals surface area contributed by atoms with Crippen molar-refractivity contribution in [2.45, 2.75) is 33.0 Å². The van der Waals surface area contributed by atoms with Crippen molar-refractivity contribution in [1.82, 2.24) is 4.90 Å². The first-order valence-electron chi connectivity index (χ1n) is 6.07. The Bertz CT molecular complexity index is 391. The van der Waals surface area contributed by atoms with Gasteiger partial charge in [-0.3, -0.25) is 0 Å². The third-order valence-electron chi connectivity index (χ3n) is 3.01. The van der Waals surface area contributed by atoms with Crippen molar-refractivity contribution in [2.24, 2.45) is 0 Å². The molecule has 0 radical (unpaired) electrons. The Morgan fingerprint density at radius 3 is 2.24 bits per heavy atom. The molecule has 1 aromatic rings. The second kappa shape index (κ2) is 5.15. The number of aryl methyl sites for hydroxylation is 1. The van der Waals surface area contributed by atoms with Gasteiger partial charge in [-0.1, -0.05) is 42.0 Å². The van der Waals surface area contributed by atoms with Gasteiger partial charge in [0.25, 0.3) is 0 Å². The maximum absolute atomic E-state index is 5.72. The average Bonchev–Trinajstić information content (AvgIpc) is 2.28. The largest absolute Gasteiger partial charge is 0.372 e. The van der Waals surface area contributed by atoms with Gasteiger partial charge in [-0.15, -0.1) is 0 Å². The van der Waals surface area contributed by atoms with Gasteiger partial charge < -0.3 is 9.64 Å². The molecular weight excluding hydrogens is 230 g/mol.